The predicted molar refractivity (Wildman–Crippen MR) is 46.0 cm³/mol. The number of likely N-dealkylation sites (N-methyl/N-ethyl adjacent to an activating group) is 1. The number of aliphatic imine (C=N–C) groups is 1. The zero-order valence-electron chi connectivity index (χ0n) is 7.25. The Bertz CT molecular complexity index is 188. The Labute approximate surface area is 67.7 Å². The minimum Gasteiger partial charge on any atom is -0.353 e. The average molecular weight is 153 g/mol. The van der Waals surface area contributed by atoms with Gasteiger partial charge in [0.1, 0.15) is 5.84 Å². The Hall–Kier alpha value is -0.570. The van der Waals surface area contributed by atoms with Gasteiger partial charge in [-0.3, -0.25) is 9.89 Å². The molecular weight excluding hydrogens is 138 g/mol. The highest BCUT2D eigenvalue weighted by Crippen LogP contribution is 2.13. The van der Waals surface area contributed by atoms with Crippen LogP contribution in [0.3, 0.4) is 0 Å². The summed E-state index contributed by atoms with van der Waals surface area (Å²) >= 11 is 0. The van der Waals surface area contributed by atoms with Crippen LogP contribution in [0.1, 0.15) is 6.92 Å². The molecule has 3 nitrogen and oxygen atoms in total. The fourth-order valence-corrected chi connectivity index (χ4v) is 1.77. The van der Waals surface area contributed by atoms with Crippen LogP contribution in [0, 0.1) is 0 Å². The summed E-state index contributed by atoms with van der Waals surface area (Å²) in [5, 5.41) is 0. The van der Waals surface area contributed by atoms with Gasteiger partial charge >= 0.3 is 0 Å². The first-order valence-corrected chi connectivity index (χ1v) is 4.26. The molecule has 0 radical (unpaired) electrons. The molecule has 2 aliphatic rings. The SMILES string of the molecule is CC1CN=C2CN(C)CCN21. The van der Waals surface area contributed by atoms with Gasteiger partial charge in [-0.2, -0.15) is 0 Å². The molecule has 2 heterocycles. The highest BCUT2D eigenvalue weighted by Gasteiger charge is 2.27. The lowest BCUT2D eigenvalue weighted by atomic mass is 10.2. The van der Waals surface area contributed by atoms with Crippen molar-refractivity contribution in [3.05, 3.63) is 0 Å². The highest BCUT2D eigenvalue weighted by atomic mass is 15.3. The molecule has 1 atom stereocenters. The predicted octanol–water partition coefficient (Wildman–Crippen LogP) is 0.0344. The molecule has 0 aromatic heterocycles. The molecule has 1 unspecified atom stereocenters. The Balaban J connectivity index is 2.09. The van der Waals surface area contributed by atoms with Gasteiger partial charge in [-0.15, -0.1) is 0 Å². The maximum absolute atomic E-state index is 4.49. The fourth-order valence-electron chi connectivity index (χ4n) is 1.77. The quantitative estimate of drug-likeness (QED) is 0.489. The van der Waals surface area contributed by atoms with E-state index in [1.165, 1.54) is 12.4 Å². The molecule has 0 N–H and O–H groups in total. The zero-order chi connectivity index (χ0) is 7.84. The van der Waals surface area contributed by atoms with Crippen LogP contribution in [0.4, 0.5) is 0 Å². The van der Waals surface area contributed by atoms with Crippen molar-refractivity contribution in [3.63, 3.8) is 0 Å². The van der Waals surface area contributed by atoms with Crippen LogP contribution in [0.5, 0.6) is 0 Å². The number of nitrogens with zero attached hydrogens (tertiary/aromatic N) is 3. The molecule has 0 aliphatic carbocycles. The van der Waals surface area contributed by atoms with Crippen molar-refractivity contribution in [2.75, 3.05) is 33.2 Å². The molecule has 1 fully saturated rings. The minimum atomic E-state index is 0.652. The molecule has 0 amide bonds. The second-order valence-corrected chi connectivity index (χ2v) is 3.54. The third kappa shape index (κ3) is 1.13. The van der Waals surface area contributed by atoms with Crippen molar-refractivity contribution < 1.29 is 0 Å². The van der Waals surface area contributed by atoms with Crippen LogP contribution in [-0.2, 0) is 0 Å². The van der Waals surface area contributed by atoms with Gasteiger partial charge in [0.15, 0.2) is 0 Å². The summed E-state index contributed by atoms with van der Waals surface area (Å²) in [5.41, 5.74) is 0. The fraction of sp³-hybridized carbons (Fsp3) is 0.875. The van der Waals surface area contributed by atoms with Crippen molar-refractivity contribution in [3.8, 4) is 0 Å². The van der Waals surface area contributed by atoms with Crippen molar-refractivity contribution in [1.29, 1.82) is 0 Å². The molecule has 11 heavy (non-hydrogen) atoms. The van der Waals surface area contributed by atoms with Crippen LogP contribution in [-0.4, -0.2) is 54.9 Å². The van der Waals surface area contributed by atoms with Gasteiger partial charge in [0, 0.05) is 19.1 Å². The second-order valence-electron chi connectivity index (χ2n) is 3.54. The number of rotatable bonds is 0. The summed E-state index contributed by atoms with van der Waals surface area (Å²) in [6.07, 6.45) is 0. The van der Waals surface area contributed by atoms with Gasteiger partial charge in [-0.05, 0) is 14.0 Å². The maximum Gasteiger partial charge on any atom is 0.114 e. The standard InChI is InChI=1S/C8H15N3/c1-7-5-9-8-6-10(2)3-4-11(7)8/h7H,3-6H2,1-2H3. The zero-order valence-corrected chi connectivity index (χ0v) is 7.25. The Morgan fingerprint density at radius 3 is 3.09 bits per heavy atom. The number of piperazine rings is 1. The third-order valence-electron chi connectivity index (χ3n) is 2.54. The lowest BCUT2D eigenvalue weighted by Crippen LogP contribution is -2.49. The molecule has 2 rings (SSSR count). The number of hydrogen-bond donors (Lipinski definition) is 0. The van der Waals surface area contributed by atoms with Gasteiger partial charge in [-0.1, -0.05) is 0 Å². The Kier molecular flexibility index (Phi) is 1.60. The average Bonchev–Trinajstić information content (AvgIpc) is 2.32. The lowest BCUT2D eigenvalue weighted by molar-refractivity contribution is 0.248. The second kappa shape index (κ2) is 2.48. The first-order valence-electron chi connectivity index (χ1n) is 4.26. The first-order chi connectivity index (χ1) is 5.27. The van der Waals surface area contributed by atoms with E-state index in [-0.39, 0.29) is 0 Å². The van der Waals surface area contributed by atoms with Crippen LogP contribution in [0.15, 0.2) is 4.99 Å². The lowest BCUT2D eigenvalue weighted by Gasteiger charge is -2.34. The molecule has 0 aromatic rings. The maximum atomic E-state index is 4.49. The smallest absolute Gasteiger partial charge is 0.114 e. The van der Waals surface area contributed by atoms with E-state index in [0.717, 1.165) is 19.6 Å². The van der Waals surface area contributed by atoms with Crippen molar-refractivity contribution in [1.82, 2.24) is 9.80 Å². The number of hydrogen-bond acceptors (Lipinski definition) is 3. The van der Waals surface area contributed by atoms with E-state index in [1.54, 1.807) is 0 Å². The van der Waals surface area contributed by atoms with Crippen LogP contribution in [0.25, 0.3) is 0 Å². The van der Waals surface area contributed by atoms with E-state index in [9.17, 15) is 0 Å². The van der Waals surface area contributed by atoms with Crippen molar-refractivity contribution in [2.24, 2.45) is 4.99 Å². The molecule has 0 aromatic carbocycles. The van der Waals surface area contributed by atoms with Gasteiger partial charge in [-0.25, -0.2) is 0 Å². The molecule has 1 saturated heterocycles. The molecule has 0 saturated carbocycles. The monoisotopic (exact) mass is 153 g/mol. The molecule has 0 bridgehead atoms. The van der Waals surface area contributed by atoms with E-state index in [4.69, 9.17) is 0 Å². The Morgan fingerprint density at radius 1 is 1.45 bits per heavy atom. The van der Waals surface area contributed by atoms with Crippen LogP contribution < -0.4 is 0 Å². The van der Waals surface area contributed by atoms with E-state index < -0.39 is 0 Å². The molecule has 0 spiro atoms. The van der Waals surface area contributed by atoms with E-state index in [0.29, 0.717) is 6.04 Å². The minimum absolute atomic E-state index is 0.652. The van der Waals surface area contributed by atoms with Crippen molar-refractivity contribution >= 4 is 5.84 Å². The summed E-state index contributed by atoms with van der Waals surface area (Å²) in [6.45, 7) is 6.65. The van der Waals surface area contributed by atoms with E-state index >= 15 is 0 Å². The van der Waals surface area contributed by atoms with Gasteiger partial charge < -0.3 is 4.90 Å². The number of fused-ring (bicyclic) bond motifs is 1. The summed E-state index contributed by atoms with van der Waals surface area (Å²) in [6, 6.07) is 0.652. The normalized spacial score (nSPS) is 32.0. The molecule has 2 aliphatic heterocycles. The van der Waals surface area contributed by atoms with Gasteiger partial charge in [0.25, 0.3) is 0 Å². The summed E-state index contributed by atoms with van der Waals surface area (Å²) in [4.78, 5) is 9.25. The topological polar surface area (TPSA) is 18.8 Å². The Morgan fingerprint density at radius 2 is 2.27 bits per heavy atom. The summed E-state index contributed by atoms with van der Waals surface area (Å²) < 4.78 is 0. The highest BCUT2D eigenvalue weighted by molar-refractivity contribution is 5.86. The summed E-state index contributed by atoms with van der Waals surface area (Å²) in [5.74, 6) is 1.30. The van der Waals surface area contributed by atoms with Gasteiger partial charge in [0.2, 0.25) is 0 Å². The summed E-state index contributed by atoms with van der Waals surface area (Å²) in [7, 11) is 2.16. The molecular formula is C8H15N3. The largest absolute Gasteiger partial charge is 0.353 e. The van der Waals surface area contributed by atoms with E-state index in [1.807, 2.05) is 0 Å². The third-order valence-corrected chi connectivity index (χ3v) is 2.54. The van der Waals surface area contributed by atoms with Crippen LogP contribution >= 0.6 is 0 Å². The number of amidine groups is 1. The van der Waals surface area contributed by atoms with Crippen molar-refractivity contribution in [2.45, 2.75) is 13.0 Å². The molecule has 3 heteroatoms. The van der Waals surface area contributed by atoms with Crippen LogP contribution in [0.2, 0.25) is 0 Å². The molecule has 62 valence electrons. The first kappa shape index (κ1) is 7.10. The van der Waals surface area contributed by atoms with Gasteiger partial charge in [0.05, 0.1) is 13.1 Å². The van der Waals surface area contributed by atoms with E-state index in [2.05, 4.69) is 28.8 Å².